The Kier molecular flexibility index (Phi) is 5.77. The highest BCUT2D eigenvalue weighted by atomic mass is 32.1. The monoisotopic (exact) mass is 467 g/mol. The molecule has 0 unspecified atom stereocenters. The highest BCUT2D eigenvalue weighted by molar-refractivity contribution is 7.17. The third-order valence-corrected chi connectivity index (χ3v) is 6.83. The van der Waals surface area contributed by atoms with Gasteiger partial charge in [-0.05, 0) is 43.7 Å². The van der Waals surface area contributed by atoms with Gasteiger partial charge >= 0.3 is 0 Å². The van der Waals surface area contributed by atoms with Crippen molar-refractivity contribution in [3.05, 3.63) is 64.7 Å². The van der Waals surface area contributed by atoms with Crippen LogP contribution in [0.25, 0.3) is 4.96 Å². The van der Waals surface area contributed by atoms with E-state index in [1.807, 2.05) is 31.2 Å². The molecule has 1 aliphatic heterocycles. The van der Waals surface area contributed by atoms with Gasteiger partial charge in [-0.2, -0.15) is 4.52 Å². The number of amides is 1. The number of aromatic nitrogens is 3. The molecule has 4 aromatic rings. The van der Waals surface area contributed by atoms with Gasteiger partial charge in [-0.1, -0.05) is 23.5 Å². The average Bonchev–Trinajstić information content (AvgIpc) is 3.55. The smallest absolute Gasteiger partial charge is 0.289 e. The van der Waals surface area contributed by atoms with Crippen LogP contribution in [-0.2, 0) is 0 Å². The SMILES string of the molecule is CCOc1ccc([C@H](c2sc3nc(C)nn3c2O)N2CCN(C(=O)c3ccco3)CC2)cc1. The molecule has 1 atom stereocenters. The zero-order valence-corrected chi connectivity index (χ0v) is 19.3. The van der Waals surface area contributed by atoms with Crippen molar-refractivity contribution in [2.45, 2.75) is 19.9 Å². The Balaban J connectivity index is 1.44. The first-order valence-corrected chi connectivity index (χ1v) is 11.7. The lowest BCUT2D eigenvalue weighted by Crippen LogP contribution is -2.49. The van der Waals surface area contributed by atoms with Crippen molar-refractivity contribution in [2.75, 3.05) is 32.8 Å². The molecule has 172 valence electrons. The van der Waals surface area contributed by atoms with E-state index in [0.29, 0.717) is 49.3 Å². The molecule has 1 N–H and O–H groups in total. The largest absolute Gasteiger partial charge is 0.494 e. The van der Waals surface area contributed by atoms with Crippen LogP contribution in [0.4, 0.5) is 0 Å². The predicted octanol–water partition coefficient (Wildman–Crippen LogP) is 3.34. The lowest BCUT2D eigenvalue weighted by Gasteiger charge is -2.38. The van der Waals surface area contributed by atoms with Crippen LogP contribution in [-0.4, -0.2) is 68.2 Å². The standard InChI is InChI=1S/C23H25N5O4S/c1-3-31-17-8-6-16(7-9-17)19(20-22(30)28-23(33-20)24-15(2)25-28)26-10-12-27(13-11-26)21(29)18-5-4-14-32-18/h4-9,14,19,30H,3,10-13H2,1-2H3/t19-/m1/s1. The van der Waals surface area contributed by atoms with E-state index in [-0.39, 0.29) is 17.8 Å². The third kappa shape index (κ3) is 4.07. The fourth-order valence-corrected chi connectivity index (χ4v) is 5.37. The third-order valence-electron chi connectivity index (χ3n) is 5.76. The minimum absolute atomic E-state index is 0.101. The minimum atomic E-state index is -0.199. The zero-order chi connectivity index (χ0) is 22.9. The molecular weight excluding hydrogens is 442 g/mol. The summed E-state index contributed by atoms with van der Waals surface area (Å²) in [4.78, 5) is 22.6. The summed E-state index contributed by atoms with van der Waals surface area (Å²) in [7, 11) is 0. The number of fused-ring (bicyclic) bond motifs is 1. The number of aryl methyl sites for hydroxylation is 1. The molecular formula is C23H25N5O4S. The molecule has 0 bridgehead atoms. The maximum absolute atomic E-state index is 12.7. The molecule has 3 aromatic heterocycles. The first-order valence-electron chi connectivity index (χ1n) is 10.9. The molecule has 0 spiro atoms. The van der Waals surface area contributed by atoms with Crippen LogP contribution in [0.1, 0.15) is 39.8 Å². The molecule has 0 radical (unpaired) electrons. The van der Waals surface area contributed by atoms with Crippen molar-refractivity contribution in [1.29, 1.82) is 0 Å². The van der Waals surface area contributed by atoms with Gasteiger partial charge in [0.05, 0.1) is 23.8 Å². The van der Waals surface area contributed by atoms with E-state index in [4.69, 9.17) is 9.15 Å². The molecule has 4 heterocycles. The van der Waals surface area contributed by atoms with Crippen LogP contribution >= 0.6 is 11.3 Å². The van der Waals surface area contributed by atoms with Crippen LogP contribution < -0.4 is 4.74 Å². The topological polar surface area (TPSA) is 96.3 Å². The fourth-order valence-electron chi connectivity index (χ4n) is 4.21. The van der Waals surface area contributed by atoms with Crippen molar-refractivity contribution >= 4 is 22.2 Å². The van der Waals surface area contributed by atoms with E-state index >= 15 is 0 Å². The lowest BCUT2D eigenvalue weighted by molar-refractivity contribution is 0.0568. The number of hydrogen-bond donors (Lipinski definition) is 1. The maximum Gasteiger partial charge on any atom is 0.289 e. The van der Waals surface area contributed by atoms with Crippen molar-refractivity contribution in [3.63, 3.8) is 0 Å². The molecule has 1 amide bonds. The number of benzene rings is 1. The van der Waals surface area contributed by atoms with Gasteiger partial charge in [0.1, 0.15) is 11.6 Å². The molecule has 10 heteroatoms. The number of rotatable bonds is 6. The molecule has 0 aliphatic carbocycles. The maximum atomic E-state index is 12.7. The average molecular weight is 468 g/mol. The van der Waals surface area contributed by atoms with Crippen LogP contribution in [0.3, 0.4) is 0 Å². The molecule has 1 fully saturated rings. The number of aromatic hydroxyl groups is 1. The number of piperazine rings is 1. The van der Waals surface area contributed by atoms with Crippen molar-refractivity contribution < 1.29 is 19.1 Å². The van der Waals surface area contributed by atoms with Crippen LogP contribution in [0.5, 0.6) is 11.6 Å². The van der Waals surface area contributed by atoms with Gasteiger partial charge < -0.3 is 19.2 Å². The first-order chi connectivity index (χ1) is 16.0. The molecule has 5 rings (SSSR count). The summed E-state index contributed by atoms with van der Waals surface area (Å²) >= 11 is 1.43. The normalized spacial score (nSPS) is 15.8. The van der Waals surface area contributed by atoms with E-state index in [0.717, 1.165) is 16.2 Å². The zero-order valence-electron chi connectivity index (χ0n) is 18.5. The van der Waals surface area contributed by atoms with Crippen LogP contribution in [0.2, 0.25) is 0 Å². The summed E-state index contributed by atoms with van der Waals surface area (Å²) < 4.78 is 12.4. The Labute approximate surface area is 194 Å². The van der Waals surface area contributed by atoms with Crippen molar-refractivity contribution in [2.24, 2.45) is 0 Å². The number of ether oxygens (including phenoxy) is 1. The fraction of sp³-hybridized carbons (Fsp3) is 0.348. The summed E-state index contributed by atoms with van der Waals surface area (Å²) in [5.74, 6) is 1.77. The molecule has 1 saturated heterocycles. The Bertz CT molecular complexity index is 1240. The molecule has 33 heavy (non-hydrogen) atoms. The Morgan fingerprint density at radius 3 is 2.61 bits per heavy atom. The van der Waals surface area contributed by atoms with E-state index in [2.05, 4.69) is 15.0 Å². The van der Waals surface area contributed by atoms with Crippen LogP contribution in [0.15, 0.2) is 47.1 Å². The first kappa shape index (κ1) is 21.5. The summed E-state index contributed by atoms with van der Waals surface area (Å²) in [6.45, 7) is 6.78. The summed E-state index contributed by atoms with van der Waals surface area (Å²) in [6, 6.07) is 11.1. The quantitative estimate of drug-likeness (QED) is 0.465. The van der Waals surface area contributed by atoms with Gasteiger partial charge in [0.15, 0.2) is 5.76 Å². The number of furan rings is 1. The second kappa shape index (κ2) is 8.87. The Hall–Kier alpha value is -3.37. The molecule has 0 saturated carbocycles. The minimum Gasteiger partial charge on any atom is -0.494 e. The van der Waals surface area contributed by atoms with E-state index < -0.39 is 0 Å². The highest BCUT2D eigenvalue weighted by Crippen LogP contribution is 2.40. The lowest BCUT2D eigenvalue weighted by atomic mass is 10.0. The van der Waals surface area contributed by atoms with Gasteiger partial charge in [-0.25, -0.2) is 4.98 Å². The van der Waals surface area contributed by atoms with Gasteiger partial charge in [0.25, 0.3) is 5.91 Å². The molecule has 1 aliphatic rings. The number of nitrogens with zero attached hydrogens (tertiary/aromatic N) is 5. The number of hydrogen-bond acceptors (Lipinski definition) is 8. The summed E-state index contributed by atoms with van der Waals surface area (Å²) in [5, 5.41) is 15.3. The van der Waals surface area contributed by atoms with E-state index in [1.165, 1.54) is 22.1 Å². The van der Waals surface area contributed by atoms with E-state index in [9.17, 15) is 9.90 Å². The highest BCUT2D eigenvalue weighted by Gasteiger charge is 2.33. The van der Waals surface area contributed by atoms with Crippen molar-refractivity contribution in [1.82, 2.24) is 24.4 Å². The number of thiazole rings is 1. The summed E-state index contributed by atoms with van der Waals surface area (Å²) in [5.41, 5.74) is 1.03. The van der Waals surface area contributed by atoms with Gasteiger partial charge in [-0.15, -0.1) is 5.10 Å². The second-order valence-electron chi connectivity index (χ2n) is 7.85. The van der Waals surface area contributed by atoms with Gasteiger partial charge in [-0.3, -0.25) is 9.69 Å². The molecule has 9 nitrogen and oxygen atoms in total. The Morgan fingerprint density at radius 2 is 1.97 bits per heavy atom. The van der Waals surface area contributed by atoms with Gasteiger partial charge in [0.2, 0.25) is 10.8 Å². The Morgan fingerprint density at radius 1 is 1.21 bits per heavy atom. The summed E-state index contributed by atoms with van der Waals surface area (Å²) in [6.07, 6.45) is 1.51. The number of carbonyl (C=O) groups is 1. The van der Waals surface area contributed by atoms with E-state index in [1.54, 1.807) is 24.0 Å². The number of carbonyl (C=O) groups excluding carboxylic acids is 1. The second-order valence-corrected chi connectivity index (χ2v) is 8.86. The van der Waals surface area contributed by atoms with Crippen molar-refractivity contribution in [3.8, 4) is 11.6 Å². The molecule has 1 aromatic carbocycles. The van der Waals surface area contributed by atoms with Gasteiger partial charge in [0, 0.05) is 26.2 Å². The van der Waals surface area contributed by atoms with Crippen LogP contribution in [0, 0.1) is 6.92 Å². The predicted molar refractivity (Wildman–Crippen MR) is 123 cm³/mol.